The van der Waals surface area contributed by atoms with E-state index in [0.717, 1.165) is 49.8 Å². The maximum Gasteiger partial charge on any atom is 0.124 e. The van der Waals surface area contributed by atoms with E-state index in [1.807, 2.05) is 0 Å². The van der Waals surface area contributed by atoms with Crippen molar-refractivity contribution in [3.63, 3.8) is 0 Å². The van der Waals surface area contributed by atoms with Gasteiger partial charge in [-0.25, -0.2) is 4.98 Å². The van der Waals surface area contributed by atoms with Gasteiger partial charge in [0, 0.05) is 48.2 Å². The molecule has 0 bridgehead atoms. The summed E-state index contributed by atoms with van der Waals surface area (Å²) in [6.45, 7) is 6.20. The Hall–Kier alpha value is -0.790. The summed E-state index contributed by atoms with van der Waals surface area (Å²) in [5.74, 6) is 0. The highest BCUT2D eigenvalue weighted by atomic mass is 32.1. The molecule has 0 radical (unpaired) electrons. The number of hydrogen-bond donors (Lipinski definition) is 1. The average Bonchev–Trinajstić information content (AvgIpc) is 3.35. The van der Waals surface area contributed by atoms with Crippen LogP contribution in [0.2, 0.25) is 0 Å². The van der Waals surface area contributed by atoms with E-state index in [0.29, 0.717) is 0 Å². The zero-order chi connectivity index (χ0) is 17.0. The van der Waals surface area contributed by atoms with Gasteiger partial charge in [0.1, 0.15) is 5.01 Å². The van der Waals surface area contributed by atoms with Crippen molar-refractivity contribution in [1.82, 2.24) is 15.2 Å². The normalized spacial score (nSPS) is 21.4. The van der Waals surface area contributed by atoms with Crippen LogP contribution in [0, 0.1) is 0 Å². The summed E-state index contributed by atoms with van der Waals surface area (Å²) < 4.78 is 5.66. The lowest BCUT2D eigenvalue weighted by atomic mass is 9.86. The van der Waals surface area contributed by atoms with E-state index in [-0.39, 0.29) is 5.54 Å². The third-order valence-corrected chi connectivity index (χ3v) is 7.15. The van der Waals surface area contributed by atoms with Gasteiger partial charge in [-0.2, -0.15) is 11.3 Å². The Bertz CT molecular complexity index is 643. The molecule has 0 aliphatic carbocycles. The van der Waals surface area contributed by atoms with Crippen LogP contribution in [0.5, 0.6) is 0 Å². The maximum absolute atomic E-state index is 5.66. The van der Waals surface area contributed by atoms with Crippen molar-refractivity contribution in [3.05, 3.63) is 27.9 Å². The van der Waals surface area contributed by atoms with Crippen LogP contribution < -0.4 is 5.32 Å². The van der Waals surface area contributed by atoms with E-state index < -0.39 is 0 Å². The molecule has 2 aliphatic heterocycles. The number of likely N-dealkylation sites (tertiary alicyclic amines) is 1. The Morgan fingerprint density at radius 2 is 2.00 bits per heavy atom. The van der Waals surface area contributed by atoms with Gasteiger partial charge in [-0.3, -0.25) is 4.90 Å². The minimum Gasteiger partial charge on any atom is -0.381 e. The summed E-state index contributed by atoms with van der Waals surface area (Å²) in [6.07, 6.45) is 6.38. The number of ether oxygens (including phenoxy) is 1. The van der Waals surface area contributed by atoms with E-state index in [9.17, 15) is 0 Å². The molecule has 2 aromatic rings. The Morgan fingerprint density at radius 3 is 2.76 bits per heavy atom. The van der Waals surface area contributed by atoms with E-state index in [2.05, 4.69) is 32.4 Å². The van der Waals surface area contributed by atoms with E-state index in [1.54, 1.807) is 22.7 Å². The smallest absolute Gasteiger partial charge is 0.124 e. The van der Waals surface area contributed by atoms with Crippen molar-refractivity contribution in [2.45, 2.75) is 44.2 Å². The molecule has 0 amide bonds. The van der Waals surface area contributed by atoms with Gasteiger partial charge in [0.2, 0.25) is 0 Å². The lowest BCUT2D eigenvalue weighted by molar-refractivity contribution is -0.0358. The number of rotatable bonds is 6. The largest absolute Gasteiger partial charge is 0.381 e. The molecule has 2 aliphatic rings. The summed E-state index contributed by atoms with van der Waals surface area (Å²) in [5.41, 5.74) is 2.69. The Labute approximate surface area is 158 Å². The fourth-order valence-electron chi connectivity index (χ4n) is 4.05. The molecule has 136 valence electrons. The highest BCUT2D eigenvalue weighted by Crippen LogP contribution is 2.30. The highest BCUT2D eigenvalue weighted by Gasteiger charge is 2.38. The minimum absolute atomic E-state index is 0.283. The summed E-state index contributed by atoms with van der Waals surface area (Å²) in [7, 11) is 0. The average molecular weight is 378 g/mol. The lowest BCUT2D eigenvalue weighted by Gasteiger charge is -2.48. The van der Waals surface area contributed by atoms with Crippen LogP contribution in [0.15, 0.2) is 22.2 Å². The zero-order valence-electron chi connectivity index (χ0n) is 14.7. The molecule has 0 aromatic carbocycles. The van der Waals surface area contributed by atoms with E-state index in [4.69, 9.17) is 9.72 Å². The van der Waals surface area contributed by atoms with Crippen LogP contribution in [-0.2, 0) is 11.3 Å². The minimum atomic E-state index is 0.283. The first-order valence-corrected chi connectivity index (χ1v) is 11.2. The monoisotopic (exact) mass is 377 g/mol. The molecule has 6 heteroatoms. The maximum atomic E-state index is 5.66. The van der Waals surface area contributed by atoms with Gasteiger partial charge >= 0.3 is 0 Å². The molecule has 4 nitrogen and oxygen atoms in total. The van der Waals surface area contributed by atoms with Crippen LogP contribution in [-0.4, -0.2) is 48.3 Å². The second kappa shape index (κ2) is 8.27. The van der Waals surface area contributed by atoms with Crippen LogP contribution >= 0.6 is 22.7 Å². The van der Waals surface area contributed by atoms with Crippen molar-refractivity contribution in [1.29, 1.82) is 0 Å². The lowest BCUT2D eigenvalue weighted by Crippen LogP contribution is -2.59. The summed E-state index contributed by atoms with van der Waals surface area (Å²) in [4.78, 5) is 7.53. The predicted octanol–water partition coefficient (Wildman–Crippen LogP) is 4.00. The third-order valence-electron chi connectivity index (χ3n) is 5.53. The van der Waals surface area contributed by atoms with Gasteiger partial charge in [0.25, 0.3) is 0 Å². The molecular weight excluding hydrogens is 350 g/mol. The van der Waals surface area contributed by atoms with Crippen LogP contribution in [0.1, 0.15) is 37.8 Å². The first-order valence-electron chi connectivity index (χ1n) is 9.36. The first kappa shape index (κ1) is 17.6. The second-order valence-electron chi connectivity index (χ2n) is 7.14. The number of nitrogens with one attached hydrogen (secondary N) is 1. The van der Waals surface area contributed by atoms with Crippen molar-refractivity contribution < 1.29 is 4.74 Å². The van der Waals surface area contributed by atoms with Crippen LogP contribution in [0.3, 0.4) is 0 Å². The fourth-order valence-corrected chi connectivity index (χ4v) is 5.59. The van der Waals surface area contributed by atoms with Gasteiger partial charge in [-0.1, -0.05) is 6.42 Å². The molecule has 0 atom stereocenters. The SMILES string of the molecule is c1cc(-c2nc(CNCC3(N4CCCCC4)CCOCC3)cs2)cs1. The molecule has 2 saturated heterocycles. The third kappa shape index (κ3) is 4.14. The summed E-state index contributed by atoms with van der Waals surface area (Å²) in [5, 5.41) is 11.3. The first-order chi connectivity index (χ1) is 12.4. The van der Waals surface area contributed by atoms with Crippen molar-refractivity contribution in [2.24, 2.45) is 0 Å². The molecular formula is C19H27N3OS2. The number of thiophene rings is 1. The fraction of sp³-hybridized carbons (Fsp3) is 0.632. The molecule has 25 heavy (non-hydrogen) atoms. The summed E-state index contributed by atoms with van der Waals surface area (Å²) >= 11 is 3.47. The van der Waals surface area contributed by atoms with Gasteiger partial charge in [0.05, 0.1) is 5.69 Å². The van der Waals surface area contributed by atoms with Crippen molar-refractivity contribution in [3.8, 4) is 10.6 Å². The van der Waals surface area contributed by atoms with Crippen molar-refractivity contribution >= 4 is 22.7 Å². The predicted molar refractivity (Wildman–Crippen MR) is 105 cm³/mol. The molecule has 4 rings (SSSR count). The number of thiazole rings is 1. The van der Waals surface area contributed by atoms with Gasteiger partial charge in [-0.15, -0.1) is 11.3 Å². The summed E-state index contributed by atoms with van der Waals surface area (Å²) in [6, 6.07) is 2.15. The highest BCUT2D eigenvalue weighted by molar-refractivity contribution is 7.14. The topological polar surface area (TPSA) is 37.4 Å². The molecule has 1 N–H and O–H groups in total. The van der Waals surface area contributed by atoms with E-state index in [1.165, 1.54) is 37.9 Å². The number of piperidine rings is 1. The molecule has 2 fully saturated rings. The standard InChI is InChI=1S/C19H27N3OS2/c1-2-7-22(8-3-1)19(5-9-23-10-6-19)15-20-12-17-14-25-18(21-17)16-4-11-24-13-16/h4,11,13-14,20H,1-3,5-10,12,15H2. The van der Waals surface area contributed by atoms with Gasteiger partial charge < -0.3 is 10.1 Å². The molecule has 0 spiro atoms. The molecule has 4 heterocycles. The van der Waals surface area contributed by atoms with Crippen LogP contribution in [0.4, 0.5) is 0 Å². The zero-order valence-corrected chi connectivity index (χ0v) is 16.3. The second-order valence-corrected chi connectivity index (χ2v) is 8.78. The number of aromatic nitrogens is 1. The Balaban J connectivity index is 1.36. The van der Waals surface area contributed by atoms with E-state index >= 15 is 0 Å². The Kier molecular flexibility index (Phi) is 5.83. The van der Waals surface area contributed by atoms with Crippen LogP contribution in [0.25, 0.3) is 10.6 Å². The van der Waals surface area contributed by atoms with Gasteiger partial charge in [-0.05, 0) is 50.2 Å². The number of hydrogen-bond acceptors (Lipinski definition) is 6. The Morgan fingerprint density at radius 1 is 1.16 bits per heavy atom. The molecule has 0 saturated carbocycles. The number of nitrogens with zero attached hydrogens (tertiary/aromatic N) is 2. The quantitative estimate of drug-likeness (QED) is 0.826. The molecule has 0 unspecified atom stereocenters. The molecule has 2 aromatic heterocycles. The van der Waals surface area contributed by atoms with Crippen molar-refractivity contribution in [2.75, 3.05) is 32.8 Å². The van der Waals surface area contributed by atoms with Gasteiger partial charge in [0.15, 0.2) is 0 Å².